The molecule has 8 rings (SSSR count). The molecule has 2 aromatic rings. The molecule has 6 heterocycles. The summed E-state index contributed by atoms with van der Waals surface area (Å²) in [6.07, 6.45) is 0. The van der Waals surface area contributed by atoms with Gasteiger partial charge in [-0.05, 0) is 35.4 Å². The first-order valence-electron chi connectivity index (χ1n) is 11.9. The Balaban J connectivity index is 0.850. The quantitative estimate of drug-likeness (QED) is 0.219. The number of rotatable bonds is 10. The molecule has 6 saturated heterocycles. The van der Waals surface area contributed by atoms with Crippen LogP contribution in [0, 0.1) is 0 Å². The van der Waals surface area contributed by atoms with Crippen molar-refractivity contribution >= 4 is 23.2 Å². The van der Waals surface area contributed by atoms with E-state index in [1.54, 1.807) is 24.3 Å². The number of benzene rings is 2. The average Bonchev–Trinajstić information content (AvgIpc) is 3.87. The van der Waals surface area contributed by atoms with Crippen molar-refractivity contribution in [1.29, 1.82) is 0 Å². The van der Waals surface area contributed by atoms with Crippen LogP contribution in [0.1, 0.15) is 11.1 Å². The molecule has 2 aromatic carbocycles. The van der Waals surface area contributed by atoms with Crippen molar-refractivity contribution in [2.24, 2.45) is 0 Å². The zero-order valence-corrected chi connectivity index (χ0v) is 19.8. The Hall–Kier alpha value is -3.06. The third-order valence-corrected chi connectivity index (χ3v) is 7.45. The predicted molar refractivity (Wildman–Crippen MR) is 118 cm³/mol. The minimum absolute atomic E-state index is 0.292. The van der Waals surface area contributed by atoms with Crippen LogP contribution < -0.4 is 10.6 Å². The molecule has 15 heteroatoms. The second-order valence-corrected chi connectivity index (χ2v) is 10.1. The molecule has 0 radical (unpaired) electrons. The normalized spacial score (nSPS) is 41.7. The highest BCUT2D eigenvalue weighted by Crippen LogP contribution is 2.58. The van der Waals surface area contributed by atoms with Gasteiger partial charge in [0.15, 0.2) is 0 Å². The molecule has 6 fully saturated rings. The second-order valence-electron chi connectivity index (χ2n) is 10.1. The van der Waals surface area contributed by atoms with Crippen LogP contribution in [0.2, 0.25) is 0 Å². The highest BCUT2D eigenvalue weighted by Gasteiger charge is 2.90. The largest absolute Gasteiger partial charge is 0.381 e. The topological polar surface area (TPSA) is 195 Å². The van der Waals surface area contributed by atoms with Gasteiger partial charge >= 0.3 is 23.5 Å². The molecule has 0 spiro atoms. The van der Waals surface area contributed by atoms with Gasteiger partial charge in [-0.1, -0.05) is 24.3 Å². The molecule has 6 aliphatic heterocycles. The Morgan fingerprint density at radius 1 is 0.692 bits per heavy atom. The fraction of sp³-hybridized carbons (Fsp3) is 0.417. The zero-order valence-electron chi connectivity index (χ0n) is 19.8. The maximum atomic E-state index is 12.2. The molecular weight excluding hydrogens is 524 g/mol. The summed E-state index contributed by atoms with van der Waals surface area (Å²) in [7, 11) is 0. The summed E-state index contributed by atoms with van der Waals surface area (Å²) in [5.74, 6) is -9.01. The number of aliphatic hydroxyl groups is 2. The van der Waals surface area contributed by atoms with Crippen molar-refractivity contribution in [3.8, 4) is 0 Å². The van der Waals surface area contributed by atoms with E-state index in [1.807, 2.05) is 24.3 Å². The molecule has 204 valence electrons. The third kappa shape index (κ3) is 3.32. The Labute approximate surface area is 218 Å². The van der Waals surface area contributed by atoms with Gasteiger partial charge in [0.05, 0.1) is 26.4 Å². The molecule has 0 bridgehead atoms. The number of carbonyl (C=O) groups excluding carboxylic acids is 2. The van der Waals surface area contributed by atoms with E-state index in [9.17, 15) is 19.8 Å². The first-order chi connectivity index (χ1) is 18.7. The maximum Gasteiger partial charge on any atom is 0.381 e. The molecule has 6 unspecified atom stereocenters. The summed E-state index contributed by atoms with van der Waals surface area (Å²) in [5.41, 5.74) is 1.49. The second kappa shape index (κ2) is 7.36. The molecule has 15 nitrogen and oxygen atoms in total. The molecule has 2 amide bonds. The van der Waals surface area contributed by atoms with Crippen LogP contribution in [0.25, 0.3) is 0 Å². The molecule has 0 aromatic heterocycles. The van der Waals surface area contributed by atoms with E-state index in [2.05, 4.69) is 30.2 Å². The number of amides is 2. The first-order valence-corrected chi connectivity index (χ1v) is 11.9. The van der Waals surface area contributed by atoms with Gasteiger partial charge in [0.1, 0.15) is 11.2 Å². The first kappa shape index (κ1) is 23.8. The standard InChI is InChI=1S/C24H20N2O13/c27-17(21-23(29,34-21)38-36-21)25-15-5-1-13(2-6-15)19(11-32-19)9-31-10-20(12-33-20)14-3-7-16(8-4-14)26-18(28)22-24(30,35-22)39-37-22/h1-8,29-30H,9-12H2,(H,25,27)(H,26,28). The minimum Gasteiger partial charge on any atom is -0.375 e. The SMILES string of the molecule is O=C(Nc1ccc(C2(COCC3(c4ccc(NC(=O)C56OOC5(O)O6)cc4)CO3)CO2)cc1)C12OOC1(O)O2. The molecule has 6 aliphatic rings. The van der Waals surface area contributed by atoms with Crippen molar-refractivity contribution in [1.82, 2.24) is 0 Å². The van der Waals surface area contributed by atoms with Crippen LogP contribution in [-0.2, 0) is 64.0 Å². The summed E-state index contributed by atoms with van der Waals surface area (Å²) in [4.78, 5) is 42.4. The summed E-state index contributed by atoms with van der Waals surface area (Å²) >= 11 is 0. The van der Waals surface area contributed by atoms with Crippen LogP contribution in [0.15, 0.2) is 48.5 Å². The summed E-state index contributed by atoms with van der Waals surface area (Å²) in [6, 6.07) is 14.0. The van der Waals surface area contributed by atoms with E-state index < -0.39 is 46.5 Å². The maximum absolute atomic E-state index is 12.2. The number of nitrogens with one attached hydrogen (secondary N) is 2. The van der Waals surface area contributed by atoms with Crippen LogP contribution in [0.4, 0.5) is 11.4 Å². The molecule has 0 aliphatic carbocycles. The smallest absolute Gasteiger partial charge is 0.375 e. The lowest BCUT2D eigenvalue weighted by Crippen LogP contribution is -2.50. The fourth-order valence-electron chi connectivity index (χ4n) is 4.60. The average molecular weight is 544 g/mol. The fourth-order valence-corrected chi connectivity index (χ4v) is 4.60. The minimum atomic E-state index is -2.01. The zero-order chi connectivity index (χ0) is 26.7. The number of anilines is 2. The lowest BCUT2D eigenvalue weighted by molar-refractivity contribution is -0.501. The van der Waals surface area contributed by atoms with Gasteiger partial charge in [0, 0.05) is 11.4 Å². The molecular formula is C24H20N2O13. The lowest BCUT2D eigenvalue weighted by atomic mass is 9.99. The van der Waals surface area contributed by atoms with Crippen molar-refractivity contribution < 1.29 is 63.0 Å². The van der Waals surface area contributed by atoms with Gasteiger partial charge in [-0.2, -0.15) is 19.6 Å². The van der Waals surface area contributed by atoms with Gasteiger partial charge in [-0.15, -0.1) is 0 Å². The van der Waals surface area contributed by atoms with Crippen molar-refractivity contribution in [3.63, 3.8) is 0 Å². The summed E-state index contributed by atoms with van der Waals surface area (Å²) in [5, 5.41) is 24.5. The number of epoxide rings is 4. The highest BCUT2D eigenvalue weighted by atomic mass is 17.4. The monoisotopic (exact) mass is 544 g/mol. The number of carbonyl (C=O) groups is 2. The Kier molecular flexibility index (Phi) is 4.49. The van der Waals surface area contributed by atoms with E-state index in [0.717, 1.165) is 11.1 Å². The summed E-state index contributed by atoms with van der Waals surface area (Å²) < 4.78 is 27.0. The van der Waals surface area contributed by atoms with Gasteiger partial charge < -0.3 is 35.1 Å². The van der Waals surface area contributed by atoms with Gasteiger partial charge in [-0.3, -0.25) is 19.1 Å². The van der Waals surface area contributed by atoms with E-state index in [1.165, 1.54) is 0 Å². The lowest BCUT2D eigenvalue weighted by Gasteiger charge is -2.21. The van der Waals surface area contributed by atoms with Crippen LogP contribution in [0.3, 0.4) is 0 Å². The number of hydrogen-bond acceptors (Lipinski definition) is 13. The number of hydrogen-bond donors (Lipinski definition) is 4. The summed E-state index contributed by atoms with van der Waals surface area (Å²) in [6.45, 7) is 1.54. The third-order valence-electron chi connectivity index (χ3n) is 7.45. The predicted octanol–water partition coefficient (Wildman–Crippen LogP) is -0.600. The number of ether oxygens (including phenoxy) is 5. The van der Waals surface area contributed by atoms with Crippen LogP contribution in [-0.4, -0.2) is 72.0 Å². The van der Waals surface area contributed by atoms with Gasteiger partial charge in [0.25, 0.3) is 11.8 Å². The molecule has 0 saturated carbocycles. The van der Waals surface area contributed by atoms with Crippen LogP contribution in [0.5, 0.6) is 0 Å². The molecule has 4 N–H and O–H groups in total. The molecule has 6 atom stereocenters. The van der Waals surface area contributed by atoms with E-state index in [4.69, 9.17) is 23.7 Å². The van der Waals surface area contributed by atoms with Crippen LogP contribution >= 0.6 is 0 Å². The number of fused-ring (bicyclic) bond motifs is 2. The van der Waals surface area contributed by atoms with E-state index >= 15 is 0 Å². The Morgan fingerprint density at radius 3 is 1.33 bits per heavy atom. The molecule has 39 heavy (non-hydrogen) atoms. The van der Waals surface area contributed by atoms with Gasteiger partial charge in [0.2, 0.25) is 0 Å². The van der Waals surface area contributed by atoms with Gasteiger partial charge in [-0.25, -0.2) is 0 Å². The van der Waals surface area contributed by atoms with E-state index in [0.29, 0.717) is 37.8 Å². The van der Waals surface area contributed by atoms with Crippen molar-refractivity contribution in [2.45, 2.75) is 34.7 Å². The van der Waals surface area contributed by atoms with E-state index in [-0.39, 0.29) is 0 Å². The highest BCUT2D eigenvalue weighted by molar-refractivity contribution is 5.99. The Bertz CT molecular complexity index is 1290. The van der Waals surface area contributed by atoms with Crippen molar-refractivity contribution in [2.75, 3.05) is 37.1 Å². The Morgan fingerprint density at radius 2 is 1.08 bits per heavy atom. The van der Waals surface area contributed by atoms with Crippen molar-refractivity contribution in [3.05, 3.63) is 59.7 Å².